The second kappa shape index (κ2) is 8.25. The monoisotopic (exact) mass is 290 g/mol. The van der Waals surface area contributed by atoms with Crippen LogP contribution >= 0.6 is 0 Å². The molecule has 0 N–H and O–H groups in total. The summed E-state index contributed by atoms with van der Waals surface area (Å²) in [5, 5.41) is 0. The first-order valence-corrected chi connectivity index (χ1v) is 6.97. The molecule has 114 valence electrons. The Bertz CT molecular complexity index is 489. The maximum Gasteiger partial charge on any atom is 0.324 e. The van der Waals surface area contributed by atoms with Gasteiger partial charge in [0.25, 0.3) is 0 Å². The van der Waals surface area contributed by atoms with E-state index in [1.165, 1.54) is 14.2 Å². The van der Waals surface area contributed by atoms with Crippen LogP contribution in [0.3, 0.4) is 0 Å². The normalized spacial score (nSPS) is 12.9. The lowest BCUT2D eigenvalue weighted by atomic mass is 9.89. The lowest BCUT2D eigenvalue weighted by Gasteiger charge is -2.18. The maximum atomic E-state index is 12.0. The van der Waals surface area contributed by atoms with E-state index in [0.29, 0.717) is 5.57 Å². The Hall–Kier alpha value is -2.10. The van der Waals surface area contributed by atoms with Gasteiger partial charge in [0.1, 0.15) is 0 Å². The Kier molecular flexibility index (Phi) is 6.66. The molecule has 0 saturated carbocycles. The summed E-state index contributed by atoms with van der Waals surface area (Å²) in [5.41, 5.74) is 1.45. The van der Waals surface area contributed by atoms with Crippen LogP contribution in [-0.2, 0) is 19.1 Å². The van der Waals surface area contributed by atoms with Gasteiger partial charge in [-0.15, -0.1) is 0 Å². The fraction of sp³-hybridized carbons (Fsp3) is 0.412. The number of ether oxygens (including phenoxy) is 2. The van der Waals surface area contributed by atoms with Crippen LogP contribution < -0.4 is 0 Å². The predicted molar refractivity (Wildman–Crippen MR) is 81.4 cm³/mol. The quantitative estimate of drug-likeness (QED) is 0.597. The van der Waals surface area contributed by atoms with Crippen LogP contribution in [-0.4, -0.2) is 26.2 Å². The van der Waals surface area contributed by atoms with E-state index >= 15 is 0 Å². The minimum atomic E-state index is -1.06. The minimum absolute atomic E-state index is 0.233. The van der Waals surface area contributed by atoms with Gasteiger partial charge in [0.15, 0.2) is 5.92 Å². The van der Waals surface area contributed by atoms with E-state index in [-0.39, 0.29) is 5.92 Å². The molecular weight excluding hydrogens is 268 g/mol. The topological polar surface area (TPSA) is 52.6 Å². The lowest BCUT2D eigenvalue weighted by Crippen LogP contribution is -2.28. The highest BCUT2D eigenvalue weighted by atomic mass is 16.5. The summed E-state index contributed by atoms with van der Waals surface area (Å²) in [5.74, 6) is -2.05. The van der Waals surface area contributed by atoms with Crippen LogP contribution in [0, 0.1) is 11.8 Å². The van der Waals surface area contributed by atoms with Gasteiger partial charge in [-0.3, -0.25) is 9.59 Å². The number of carbonyl (C=O) groups excluding carboxylic acids is 2. The van der Waals surface area contributed by atoms with Gasteiger partial charge in [-0.25, -0.2) is 0 Å². The number of hydrogen-bond donors (Lipinski definition) is 0. The van der Waals surface area contributed by atoms with Crippen LogP contribution in [0.5, 0.6) is 0 Å². The molecule has 0 aliphatic heterocycles. The average molecular weight is 290 g/mol. The van der Waals surface area contributed by atoms with E-state index in [9.17, 15) is 9.59 Å². The second-order valence-electron chi connectivity index (χ2n) is 4.85. The Balaban J connectivity index is 3.36. The Labute approximate surface area is 125 Å². The highest BCUT2D eigenvalue weighted by Crippen LogP contribution is 2.28. The molecule has 0 saturated heterocycles. The molecule has 0 heterocycles. The van der Waals surface area contributed by atoms with E-state index in [0.717, 1.165) is 12.0 Å². The van der Waals surface area contributed by atoms with Crippen LogP contribution in [0.2, 0.25) is 0 Å². The molecule has 0 fully saturated rings. The van der Waals surface area contributed by atoms with E-state index in [1.807, 2.05) is 43.3 Å². The van der Waals surface area contributed by atoms with Crippen LogP contribution in [0.15, 0.2) is 36.4 Å². The first-order valence-electron chi connectivity index (χ1n) is 6.97. The van der Waals surface area contributed by atoms with E-state index in [1.54, 1.807) is 0 Å². The highest BCUT2D eigenvalue weighted by Gasteiger charge is 2.33. The predicted octanol–water partition coefficient (Wildman–Crippen LogP) is 3.08. The molecule has 4 nitrogen and oxygen atoms in total. The van der Waals surface area contributed by atoms with Gasteiger partial charge < -0.3 is 9.47 Å². The first-order chi connectivity index (χ1) is 10.0. The van der Waals surface area contributed by atoms with Crippen molar-refractivity contribution >= 4 is 17.5 Å². The van der Waals surface area contributed by atoms with E-state index in [2.05, 4.69) is 6.92 Å². The molecule has 1 unspecified atom stereocenters. The van der Waals surface area contributed by atoms with Gasteiger partial charge in [0.2, 0.25) is 0 Å². The Morgan fingerprint density at radius 2 is 1.62 bits per heavy atom. The van der Waals surface area contributed by atoms with Crippen LogP contribution in [0.1, 0.15) is 25.8 Å². The molecule has 1 aromatic carbocycles. The van der Waals surface area contributed by atoms with Gasteiger partial charge in [0, 0.05) is 0 Å². The van der Waals surface area contributed by atoms with Crippen molar-refractivity contribution in [1.29, 1.82) is 0 Å². The molecule has 1 atom stereocenters. The standard InChI is InChI=1S/C17H22O4/c1-5-12(2)11-14(13-9-7-6-8-10-13)15(16(18)20-3)17(19)21-4/h6-12,15H,5H2,1-4H3/b14-11+. The van der Waals surface area contributed by atoms with Crippen molar-refractivity contribution in [3.05, 3.63) is 42.0 Å². The zero-order valence-electron chi connectivity index (χ0n) is 13.0. The summed E-state index contributed by atoms with van der Waals surface area (Å²) in [6.07, 6.45) is 2.85. The molecule has 0 radical (unpaired) electrons. The minimum Gasteiger partial charge on any atom is -0.468 e. The summed E-state index contributed by atoms with van der Waals surface area (Å²) in [4.78, 5) is 24.1. The van der Waals surface area contributed by atoms with Gasteiger partial charge in [-0.05, 0) is 17.1 Å². The summed E-state index contributed by atoms with van der Waals surface area (Å²) in [7, 11) is 2.54. The molecule has 4 heteroatoms. The summed E-state index contributed by atoms with van der Waals surface area (Å²) in [6.45, 7) is 4.09. The zero-order chi connectivity index (χ0) is 15.8. The van der Waals surface area contributed by atoms with Crippen molar-refractivity contribution in [3.63, 3.8) is 0 Å². The largest absolute Gasteiger partial charge is 0.468 e. The van der Waals surface area contributed by atoms with Crippen LogP contribution in [0.25, 0.3) is 5.57 Å². The first kappa shape index (κ1) is 17.0. The van der Waals surface area contributed by atoms with Crippen molar-refractivity contribution in [3.8, 4) is 0 Å². The molecule has 21 heavy (non-hydrogen) atoms. The SMILES string of the molecule is CCC(C)/C=C(\c1ccccc1)C(C(=O)OC)C(=O)OC. The van der Waals surface area contributed by atoms with Crippen molar-refractivity contribution in [2.24, 2.45) is 11.8 Å². The number of methoxy groups -OCH3 is 2. The van der Waals surface area contributed by atoms with Crippen LogP contribution in [0.4, 0.5) is 0 Å². The third-order valence-electron chi connectivity index (χ3n) is 3.40. The number of hydrogen-bond acceptors (Lipinski definition) is 4. The Morgan fingerprint density at radius 1 is 1.10 bits per heavy atom. The number of allylic oxidation sites excluding steroid dienone is 1. The highest BCUT2D eigenvalue weighted by molar-refractivity contribution is 6.06. The van der Waals surface area contributed by atoms with Gasteiger partial charge in [-0.2, -0.15) is 0 Å². The molecule has 0 aliphatic rings. The van der Waals surface area contributed by atoms with E-state index in [4.69, 9.17) is 9.47 Å². The third-order valence-corrected chi connectivity index (χ3v) is 3.40. The molecule has 0 amide bonds. The number of benzene rings is 1. The van der Waals surface area contributed by atoms with Crippen molar-refractivity contribution < 1.29 is 19.1 Å². The number of carbonyl (C=O) groups is 2. The second-order valence-corrected chi connectivity index (χ2v) is 4.85. The summed E-state index contributed by atoms with van der Waals surface area (Å²) in [6, 6.07) is 9.35. The number of esters is 2. The molecule has 0 spiro atoms. The molecule has 1 aromatic rings. The molecule has 0 aromatic heterocycles. The smallest absolute Gasteiger partial charge is 0.324 e. The molecular formula is C17H22O4. The van der Waals surface area contributed by atoms with Crippen molar-refractivity contribution in [2.45, 2.75) is 20.3 Å². The fourth-order valence-electron chi connectivity index (χ4n) is 2.00. The average Bonchev–Trinajstić information content (AvgIpc) is 2.54. The van der Waals surface area contributed by atoms with E-state index < -0.39 is 17.9 Å². The maximum absolute atomic E-state index is 12.0. The third kappa shape index (κ3) is 4.45. The van der Waals surface area contributed by atoms with Gasteiger partial charge in [-0.1, -0.05) is 56.7 Å². The summed E-state index contributed by atoms with van der Waals surface area (Å²) < 4.78 is 9.54. The van der Waals surface area contributed by atoms with Gasteiger partial charge >= 0.3 is 11.9 Å². The lowest BCUT2D eigenvalue weighted by molar-refractivity contribution is -0.155. The molecule has 0 bridgehead atoms. The zero-order valence-corrected chi connectivity index (χ0v) is 13.0. The summed E-state index contributed by atoms with van der Waals surface area (Å²) >= 11 is 0. The van der Waals surface area contributed by atoms with Gasteiger partial charge in [0.05, 0.1) is 14.2 Å². The molecule has 1 rings (SSSR count). The van der Waals surface area contributed by atoms with Crippen molar-refractivity contribution in [1.82, 2.24) is 0 Å². The fourth-order valence-corrected chi connectivity index (χ4v) is 2.00. The number of rotatable bonds is 6. The Morgan fingerprint density at radius 3 is 2.05 bits per heavy atom. The van der Waals surface area contributed by atoms with Crippen molar-refractivity contribution in [2.75, 3.05) is 14.2 Å². The molecule has 0 aliphatic carbocycles.